The van der Waals surface area contributed by atoms with Crippen LogP contribution < -0.4 is 16.0 Å². The molecule has 0 aliphatic heterocycles. The topological polar surface area (TPSA) is 112 Å². The molecule has 0 aromatic carbocycles. The van der Waals surface area contributed by atoms with Crippen molar-refractivity contribution >= 4 is 17.7 Å². The number of aromatic nitrogens is 3. The summed E-state index contributed by atoms with van der Waals surface area (Å²) in [5.41, 5.74) is 1.21. The zero-order valence-electron chi connectivity index (χ0n) is 17.1. The van der Waals surface area contributed by atoms with Crippen molar-refractivity contribution in [1.29, 1.82) is 0 Å². The van der Waals surface area contributed by atoms with Gasteiger partial charge in [-0.05, 0) is 43.7 Å². The lowest BCUT2D eigenvalue weighted by molar-refractivity contribution is 0.0950. The molecule has 2 aromatic heterocycles. The van der Waals surface area contributed by atoms with E-state index >= 15 is 0 Å². The molecule has 2 heterocycles. The van der Waals surface area contributed by atoms with Gasteiger partial charge in [-0.15, -0.1) is 0 Å². The van der Waals surface area contributed by atoms with Crippen molar-refractivity contribution in [2.24, 2.45) is 0 Å². The predicted octanol–water partition coefficient (Wildman–Crippen LogP) is 2.68. The van der Waals surface area contributed by atoms with Crippen LogP contribution in [0.4, 0.5) is 16.2 Å². The molecule has 2 aromatic rings. The third kappa shape index (κ3) is 6.35. The smallest absolute Gasteiger partial charge is 0.256 e. The monoisotopic (exact) mass is 416 g/mol. The van der Waals surface area contributed by atoms with Crippen LogP contribution in [0, 0.1) is 0 Å². The summed E-state index contributed by atoms with van der Waals surface area (Å²) in [4.78, 5) is 25.4. The van der Waals surface area contributed by atoms with Crippen LogP contribution in [0.1, 0.15) is 54.9 Å². The molecule has 0 saturated heterocycles. The largest absolute Gasteiger partial charge is 0.393 e. The number of nitrogens with zero attached hydrogens (tertiary/aromatic N) is 3. The molecule has 1 saturated carbocycles. The van der Waals surface area contributed by atoms with E-state index in [1.54, 1.807) is 19.3 Å². The quantitative estimate of drug-likeness (QED) is 0.497. The standard InChI is InChI=1S/C21H29FN6O2/c1-2-15(22)12-25-21-26-13-18(20(30)24-11-14-4-3-9-23-10-14)19(28-21)27-16-5-7-17(29)8-6-16/h3-4,9-10,13,15-17,29H,2,5-8,11-12H2,1H3,(H,24,30)(H2,25,26,27,28)/t15-,16-,17-/m0/s1. The molecule has 1 aliphatic carbocycles. The third-order valence-corrected chi connectivity index (χ3v) is 5.17. The van der Waals surface area contributed by atoms with Gasteiger partial charge in [0.1, 0.15) is 17.6 Å². The molecule has 3 rings (SSSR count). The zero-order chi connectivity index (χ0) is 21.3. The highest BCUT2D eigenvalue weighted by Gasteiger charge is 2.22. The first kappa shape index (κ1) is 21.9. The van der Waals surface area contributed by atoms with Gasteiger partial charge in [-0.1, -0.05) is 13.0 Å². The van der Waals surface area contributed by atoms with Crippen LogP contribution in [0.15, 0.2) is 30.7 Å². The van der Waals surface area contributed by atoms with Gasteiger partial charge in [0.2, 0.25) is 5.95 Å². The number of halogens is 1. The molecule has 1 atom stereocenters. The summed E-state index contributed by atoms with van der Waals surface area (Å²) in [5, 5.41) is 18.8. The fourth-order valence-electron chi connectivity index (χ4n) is 3.28. The Hall–Kier alpha value is -2.81. The highest BCUT2D eigenvalue weighted by atomic mass is 19.1. The van der Waals surface area contributed by atoms with Crippen molar-refractivity contribution in [2.45, 2.75) is 63.9 Å². The minimum absolute atomic E-state index is 0.102. The number of carbonyl (C=O) groups is 1. The number of aliphatic hydroxyl groups excluding tert-OH is 1. The number of anilines is 2. The van der Waals surface area contributed by atoms with Crippen molar-refractivity contribution in [3.63, 3.8) is 0 Å². The number of carbonyl (C=O) groups excluding carboxylic acids is 1. The molecule has 1 fully saturated rings. The van der Waals surface area contributed by atoms with E-state index in [4.69, 9.17) is 0 Å². The molecule has 9 heteroatoms. The number of hydrogen-bond acceptors (Lipinski definition) is 7. The van der Waals surface area contributed by atoms with Crippen LogP contribution >= 0.6 is 0 Å². The normalized spacial score (nSPS) is 19.7. The van der Waals surface area contributed by atoms with Gasteiger partial charge in [-0.3, -0.25) is 9.78 Å². The third-order valence-electron chi connectivity index (χ3n) is 5.17. The molecule has 4 N–H and O–H groups in total. The van der Waals surface area contributed by atoms with Crippen LogP contribution in [0.2, 0.25) is 0 Å². The number of alkyl halides is 1. The average Bonchev–Trinajstić information content (AvgIpc) is 2.78. The van der Waals surface area contributed by atoms with Gasteiger partial charge in [0, 0.05) is 37.7 Å². The van der Waals surface area contributed by atoms with E-state index in [1.165, 1.54) is 6.20 Å². The fourth-order valence-corrected chi connectivity index (χ4v) is 3.28. The van der Waals surface area contributed by atoms with Gasteiger partial charge in [-0.25, -0.2) is 9.37 Å². The first-order valence-electron chi connectivity index (χ1n) is 10.4. The van der Waals surface area contributed by atoms with Crippen molar-refractivity contribution in [3.8, 4) is 0 Å². The van der Waals surface area contributed by atoms with Crippen molar-refractivity contribution in [3.05, 3.63) is 41.9 Å². The minimum Gasteiger partial charge on any atom is -0.393 e. The lowest BCUT2D eigenvalue weighted by atomic mass is 9.93. The maximum atomic E-state index is 13.6. The molecule has 162 valence electrons. The number of aliphatic hydroxyl groups is 1. The van der Waals surface area contributed by atoms with Crippen LogP contribution in [0.3, 0.4) is 0 Å². The van der Waals surface area contributed by atoms with Crippen LogP contribution in [-0.2, 0) is 6.54 Å². The van der Waals surface area contributed by atoms with Crippen molar-refractivity contribution < 1.29 is 14.3 Å². The second kappa shape index (κ2) is 10.8. The number of rotatable bonds is 9. The Balaban J connectivity index is 1.72. The fraction of sp³-hybridized carbons (Fsp3) is 0.524. The number of nitrogens with one attached hydrogen (secondary N) is 3. The van der Waals surface area contributed by atoms with E-state index in [1.807, 2.05) is 12.1 Å². The minimum atomic E-state index is -0.993. The Morgan fingerprint density at radius 2 is 2.10 bits per heavy atom. The van der Waals surface area contributed by atoms with E-state index in [2.05, 4.69) is 30.9 Å². The maximum absolute atomic E-state index is 13.6. The van der Waals surface area contributed by atoms with Gasteiger partial charge in [-0.2, -0.15) is 4.98 Å². The summed E-state index contributed by atoms with van der Waals surface area (Å²) in [7, 11) is 0. The zero-order valence-corrected chi connectivity index (χ0v) is 17.1. The molecule has 0 spiro atoms. The van der Waals surface area contributed by atoms with Gasteiger partial charge >= 0.3 is 0 Å². The summed E-state index contributed by atoms with van der Waals surface area (Å²) in [6, 6.07) is 3.79. The van der Waals surface area contributed by atoms with Gasteiger partial charge in [0.25, 0.3) is 5.91 Å². The van der Waals surface area contributed by atoms with E-state index in [9.17, 15) is 14.3 Å². The Kier molecular flexibility index (Phi) is 7.89. The summed E-state index contributed by atoms with van der Waals surface area (Å²) in [5.74, 6) is 0.374. The summed E-state index contributed by atoms with van der Waals surface area (Å²) in [6.07, 6.45) is 6.93. The molecular formula is C21H29FN6O2. The molecular weight excluding hydrogens is 387 g/mol. The molecule has 30 heavy (non-hydrogen) atoms. The number of hydrogen-bond donors (Lipinski definition) is 4. The molecule has 0 unspecified atom stereocenters. The highest BCUT2D eigenvalue weighted by Crippen LogP contribution is 2.24. The maximum Gasteiger partial charge on any atom is 0.256 e. The van der Waals surface area contributed by atoms with E-state index < -0.39 is 6.17 Å². The van der Waals surface area contributed by atoms with Crippen molar-refractivity contribution in [2.75, 3.05) is 17.2 Å². The molecule has 0 bridgehead atoms. The highest BCUT2D eigenvalue weighted by molar-refractivity contribution is 5.98. The van der Waals surface area contributed by atoms with Gasteiger partial charge in [0.05, 0.1) is 6.10 Å². The Bertz CT molecular complexity index is 814. The summed E-state index contributed by atoms with van der Waals surface area (Å²) < 4.78 is 13.6. The Labute approximate surface area is 175 Å². The van der Waals surface area contributed by atoms with Crippen molar-refractivity contribution in [1.82, 2.24) is 20.3 Å². The summed E-state index contributed by atoms with van der Waals surface area (Å²) >= 11 is 0. The molecule has 1 amide bonds. The molecule has 8 nitrogen and oxygen atoms in total. The van der Waals surface area contributed by atoms with Crippen LogP contribution in [0.25, 0.3) is 0 Å². The first-order valence-corrected chi connectivity index (χ1v) is 10.4. The SMILES string of the molecule is CC[C@H](F)CNc1ncc(C(=O)NCc2cccnc2)c(N[C@H]2CC[C@H](O)CC2)n1. The van der Waals surface area contributed by atoms with E-state index in [0.29, 0.717) is 37.2 Å². The predicted molar refractivity (Wildman–Crippen MR) is 113 cm³/mol. The molecule has 0 radical (unpaired) electrons. The number of amides is 1. The Morgan fingerprint density at radius 1 is 1.30 bits per heavy atom. The second-order valence-corrected chi connectivity index (χ2v) is 7.54. The first-order chi connectivity index (χ1) is 14.5. The molecule has 1 aliphatic rings. The Morgan fingerprint density at radius 3 is 2.80 bits per heavy atom. The lowest BCUT2D eigenvalue weighted by Crippen LogP contribution is -2.31. The van der Waals surface area contributed by atoms with Crippen LogP contribution in [-0.4, -0.2) is 50.8 Å². The second-order valence-electron chi connectivity index (χ2n) is 7.54. The average molecular weight is 417 g/mol. The van der Waals surface area contributed by atoms with Crippen LogP contribution in [0.5, 0.6) is 0 Å². The van der Waals surface area contributed by atoms with Gasteiger partial charge in [0.15, 0.2) is 0 Å². The number of pyridine rings is 1. The lowest BCUT2D eigenvalue weighted by Gasteiger charge is -2.27. The van der Waals surface area contributed by atoms with E-state index in [0.717, 1.165) is 18.4 Å². The summed E-state index contributed by atoms with van der Waals surface area (Å²) in [6.45, 7) is 2.22. The van der Waals surface area contributed by atoms with E-state index in [-0.39, 0.29) is 30.5 Å². The van der Waals surface area contributed by atoms with Gasteiger partial charge < -0.3 is 21.1 Å².